The smallest absolute Gasteiger partial charge is 0.311 e. The summed E-state index contributed by atoms with van der Waals surface area (Å²) in [6.07, 6.45) is -0.970. The maximum atomic E-state index is 12.1. The predicted molar refractivity (Wildman–Crippen MR) is 98.6 cm³/mol. The number of methoxy groups -OCH3 is 2. The third kappa shape index (κ3) is 5.47. The summed E-state index contributed by atoms with van der Waals surface area (Å²) in [5.41, 5.74) is 1.68. The van der Waals surface area contributed by atoms with Crippen molar-refractivity contribution in [3.05, 3.63) is 53.6 Å². The van der Waals surface area contributed by atoms with Gasteiger partial charge in [-0.15, -0.1) is 0 Å². The summed E-state index contributed by atoms with van der Waals surface area (Å²) in [5, 5.41) is 11.4. The predicted octanol–water partition coefficient (Wildman–Crippen LogP) is 2.69. The summed E-state index contributed by atoms with van der Waals surface area (Å²) in [6.45, 7) is 1.49. The van der Waals surface area contributed by atoms with E-state index >= 15 is 0 Å². The normalized spacial score (nSPS) is 11.0. The van der Waals surface area contributed by atoms with Crippen LogP contribution in [0.3, 0.4) is 0 Å². The van der Waals surface area contributed by atoms with Crippen molar-refractivity contribution in [2.24, 2.45) is 0 Å². The van der Waals surface area contributed by atoms with E-state index in [2.05, 4.69) is 5.32 Å². The Hall–Kier alpha value is -3.53. The Labute approximate surface area is 157 Å². The largest absolute Gasteiger partial charge is 0.493 e. The maximum absolute atomic E-state index is 12.1. The Morgan fingerprint density at radius 2 is 1.74 bits per heavy atom. The second kappa shape index (κ2) is 9.25. The number of rotatable bonds is 7. The van der Waals surface area contributed by atoms with Gasteiger partial charge in [0.25, 0.3) is 5.91 Å². The summed E-state index contributed by atoms with van der Waals surface area (Å²) in [7, 11) is 3.04. The van der Waals surface area contributed by atoms with Gasteiger partial charge in [0.1, 0.15) is 0 Å². The first-order chi connectivity index (χ1) is 13.0. The van der Waals surface area contributed by atoms with Crippen molar-refractivity contribution >= 4 is 17.6 Å². The molecule has 0 radical (unpaired) electrons. The van der Waals surface area contributed by atoms with E-state index in [0.717, 1.165) is 0 Å². The molecule has 7 nitrogen and oxygen atoms in total. The highest BCUT2D eigenvalue weighted by molar-refractivity contribution is 5.95. The Morgan fingerprint density at radius 1 is 1.07 bits per heavy atom. The van der Waals surface area contributed by atoms with Crippen LogP contribution in [0.1, 0.15) is 18.1 Å². The molecule has 0 heterocycles. The number of anilines is 1. The zero-order valence-corrected chi connectivity index (χ0v) is 15.3. The lowest BCUT2D eigenvalue weighted by Gasteiger charge is -2.14. The maximum Gasteiger partial charge on any atom is 0.311 e. The molecule has 0 aliphatic carbocycles. The van der Waals surface area contributed by atoms with Crippen LogP contribution in [0.5, 0.6) is 11.5 Å². The average molecular weight is 368 g/mol. The first kappa shape index (κ1) is 19.8. The van der Waals surface area contributed by atoms with Crippen LogP contribution in [0, 0.1) is 11.3 Å². The van der Waals surface area contributed by atoms with Crippen molar-refractivity contribution in [1.29, 1.82) is 5.26 Å². The van der Waals surface area contributed by atoms with Crippen LogP contribution in [0.2, 0.25) is 0 Å². The van der Waals surface area contributed by atoms with E-state index in [-0.39, 0.29) is 6.42 Å². The molecule has 140 valence electrons. The van der Waals surface area contributed by atoms with Crippen LogP contribution in [0.25, 0.3) is 0 Å². The number of hydrogen-bond acceptors (Lipinski definition) is 6. The van der Waals surface area contributed by atoms with Crippen LogP contribution in [0.4, 0.5) is 5.69 Å². The number of esters is 1. The van der Waals surface area contributed by atoms with Crippen LogP contribution < -0.4 is 14.8 Å². The van der Waals surface area contributed by atoms with Crippen molar-refractivity contribution in [2.75, 3.05) is 19.5 Å². The quantitative estimate of drug-likeness (QED) is 0.755. The van der Waals surface area contributed by atoms with Crippen LogP contribution in [-0.2, 0) is 20.7 Å². The number of nitrogens with one attached hydrogen (secondary N) is 1. The molecule has 2 aromatic carbocycles. The van der Waals surface area contributed by atoms with Crippen LogP contribution in [-0.4, -0.2) is 32.2 Å². The van der Waals surface area contributed by atoms with Gasteiger partial charge in [-0.1, -0.05) is 6.07 Å². The zero-order valence-electron chi connectivity index (χ0n) is 15.3. The van der Waals surface area contributed by atoms with Crippen molar-refractivity contribution in [3.63, 3.8) is 0 Å². The molecule has 0 bridgehead atoms. The Bertz CT molecular complexity index is 856. The van der Waals surface area contributed by atoms with E-state index < -0.39 is 18.0 Å². The first-order valence-corrected chi connectivity index (χ1v) is 8.18. The molecule has 0 aromatic heterocycles. The Kier molecular flexibility index (Phi) is 6.78. The molecule has 7 heteroatoms. The van der Waals surface area contributed by atoms with Crippen LogP contribution >= 0.6 is 0 Å². The van der Waals surface area contributed by atoms with Crippen molar-refractivity contribution in [3.8, 4) is 17.6 Å². The number of benzene rings is 2. The summed E-state index contributed by atoms with van der Waals surface area (Å²) >= 11 is 0. The van der Waals surface area contributed by atoms with Gasteiger partial charge in [0.05, 0.1) is 32.3 Å². The van der Waals surface area contributed by atoms with Gasteiger partial charge < -0.3 is 19.5 Å². The number of amides is 1. The molecule has 0 unspecified atom stereocenters. The van der Waals surface area contributed by atoms with Crippen molar-refractivity contribution < 1.29 is 23.8 Å². The van der Waals surface area contributed by atoms with Crippen LogP contribution in [0.15, 0.2) is 42.5 Å². The van der Waals surface area contributed by atoms with Gasteiger partial charge in [0.15, 0.2) is 17.6 Å². The molecule has 0 aliphatic heterocycles. The highest BCUT2D eigenvalue weighted by Gasteiger charge is 2.18. The van der Waals surface area contributed by atoms with E-state index in [9.17, 15) is 9.59 Å². The number of carbonyl (C=O) groups is 2. The van der Waals surface area contributed by atoms with E-state index in [4.69, 9.17) is 19.5 Å². The fourth-order valence-corrected chi connectivity index (χ4v) is 2.32. The topological polar surface area (TPSA) is 97.6 Å². The molecule has 0 aliphatic rings. The third-order valence-electron chi connectivity index (χ3n) is 3.76. The zero-order chi connectivity index (χ0) is 19.8. The molecular weight excluding hydrogens is 348 g/mol. The molecular formula is C20H20N2O5. The van der Waals surface area contributed by atoms with Gasteiger partial charge in [-0.05, 0) is 48.9 Å². The minimum Gasteiger partial charge on any atom is -0.493 e. The average Bonchev–Trinajstić information content (AvgIpc) is 2.68. The fourth-order valence-electron chi connectivity index (χ4n) is 2.32. The summed E-state index contributed by atoms with van der Waals surface area (Å²) in [4.78, 5) is 24.3. The Morgan fingerprint density at radius 3 is 2.33 bits per heavy atom. The number of nitrogens with zero attached hydrogens (tertiary/aromatic N) is 1. The standard InChI is InChI=1S/C20H20N2O5/c1-13(20(24)22-16-7-4-14(12-21)5-8-16)27-19(23)11-15-6-9-17(25-2)18(10-15)26-3/h4-10,13H,11H2,1-3H3,(H,22,24)/t13-/m1/s1. The molecule has 1 atom stereocenters. The van der Waals surface area contributed by atoms with Gasteiger partial charge in [0.2, 0.25) is 0 Å². The molecule has 1 amide bonds. The molecule has 0 fully saturated rings. The number of hydrogen-bond donors (Lipinski definition) is 1. The molecule has 0 saturated carbocycles. The lowest BCUT2D eigenvalue weighted by Crippen LogP contribution is -2.30. The third-order valence-corrected chi connectivity index (χ3v) is 3.76. The lowest BCUT2D eigenvalue weighted by atomic mass is 10.1. The van der Waals surface area contributed by atoms with Gasteiger partial charge in [-0.2, -0.15) is 5.26 Å². The van der Waals surface area contributed by atoms with E-state index in [1.54, 1.807) is 42.5 Å². The SMILES string of the molecule is COc1ccc(CC(=O)O[C@H](C)C(=O)Nc2ccc(C#N)cc2)cc1OC. The lowest BCUT2D eigenvalue weighted by molar-refractivity contribution is -0.152. The van der Waals surface area contributed by atoms with E-state index in [1.165, 1.54) is 21.1 Å². The molecule has 2 aromatic rings. The van der Waals surface area contributed by atoms with Crippen molar-refractivity contribution in [2.45, 2.75) is 19.4 Å². The van der Waals surface area contributed by atoms with Gasteiger partial charge in [-0.3, -0.25) is 9.59 Å². The van der Waals surface area contributed by atoms with E-state index in [1.807, 2.05) is 6.07 Å². The fraction of sp³-hybridized carbons (Fsp3) is 0.250. The monoisotopic (exact) mass is 368 g/mol. The molecule has 0 saturated heterocycles. The summed E-state index contributed by atoms with van der Waals surface area (Å²) in [5.74, 6) is 0.0734. The summed E-state index contributed by atoms with van der Waals surface area (Å²) in [6, 6.07) is 13.5. The molecule has 0 spiro atoms. The Balaban J connectivity index is 1.92. The second-order valence-electron chi connectivity index (χ2n) is 5.68. The second-order valence-corrected chi connectivity index (χ2v) is 5.68. The van der Waals surface area contributed by atoms with Gasteiger partial charge in [0, 0.05) is 5.69 Å². The van der Waals surface area contributed by atoms with Crippen molar-refractivity contribution in [1.82, 2.24) is 0 Å². The highest BCUT2D eigenvalue weighted by Crippen LogP contribution is 2.27. The number of carbonyl (C=O) groups excluding carboxylic acids is 2. The van der Waals surface area contributed by atoms with Gasteiger partial charge >= 0.3 is 5.97 Å². The minimum atomic E-state index is -0.965. The first-order valence-electron chi connectivity index (χ1n) is 8.18. The number of nitriles is 1. The van der Waals surface area contributed by atoms with Gasteiger partial charge in [-0.25, -0.2) is 0 Å². The highest BCUT2D eigenvalue weighted by atomic mass is 16.5. The minimum absolute atomic E-state index is 0.00512. The molecule has 2 rings (SSSR count). The van der Waals surface area contributed by atoms with E-state index in [0.29, 0.717) is 28.3 Å². The molecule has 27 heavy (non-hydrogen) atoms. The molecule has 1 N–H and O–H groups in total. The number of ether oxygens (including phenoxy) is 3. The summed E-state index contributed by atoms with van der Waals surface area (Å²) < 4.78 is 15.5.